The van der Waals surface area contributed by atoms with Crippen LogP contribution in [0.3, 0.4) is 0 Å². The fraction of sp³-hybridized carbons (Fsp3) is 0.294. The van der Waals surface area contributed by atoms with Crippen molar-refractivity contribution < 1.29 is 19.3 Å². The molecule has 2 aromatic carbocycles. The maximum Gasteiger partial charge on any atom is 0.125 e. The lowest BCUT2D eigenvalue weighted by Gasteiger charge is -2.17. The normalized spacial score (nSPS) is 11.8. The van der Waals surface area contributed by atoms with Crippen molar-refractivity contribution in [3.8, 4) is 17.2 Å². The average molecular weight is 288 g/mol. The highest BCUT2D eigenvalue weighted by atomic mass is 16.5. The molecule has 0 bridgehead atoms. The van der Waals surface area contributed by atoms with Gasteiger partial charge in [0, 0.05) is 11.6 Å². The van der Waals surface area contributed by atoms with E-state index in [4.69, 9.17) is 14.2 Å². The first-order valence-corrected chi connectivity index (χ1v) is 6.82. The summed E-state index contributed by atoms with van der Waals surface area (Å²) in [5, 5.41) is 10.6. The van der Waals surface area contributed by atoms with Gasteiger partial charge >= 0.3 is 0 Å². The topological polar surface area (TPSA) is 47.9 Å². The zero-order valence-corrected chi connectivity index (χ0v) is 12.5. The number of aliphatic hydroxyl groups is 1. The van der Waals surface area contributed by atoms with Crippen LogP contribution in [0.2, 0.25) is 0 Å². The summed E-state index contributed by atoms with van der Waals surface area (Å²) in [6, 6.07) is 12.8. The first kappa shape index (κ1) is 15.2. The van der Waals surface area contributed by atoms with E-state index in [9.17, 15) is 5.11 Å². The Labute approximate surface area is 124 Å². The summed E-state index contributed by atoms with van der Waals surface area (Å²) >= 11 is 0. The second-order valence-corrected chi connectivity index (χ2v) is 4.52. The van der Waals surface area contributed by atoms with Crippen molar-refractivity contribution in [3.05, 3.63) is 53.6 Å². The molecule has 0 aliphatic rings. The summed E-state index contributed by atoms with van der Waals surface area (Å²) in [6.45, 7) is 2.46. The van der Waals surface area contributed by atoms with Crippen molar-refractivity contribution in [2.24, 2.45) is 0 Å². The molecule has 0 saturated heterocycles. The highest BCUT2D eigenvalue weighted by molar-refractivity contribution is 5.45. The van der Waals surface area contributed by atoms with Crippen LogP contribution in [-0.4, -0.2) is 25.9 Å². The first-order valence-electron chi connectivity index (χ1n) is 6.82. The van der Waals surface area contributed by atoms with Crippen molar-refractivity contribution in [1.82, 2.24) is 0 Å². The van der Waals surface area contributed by atoms with Gasteiger partial charge in [0.2, 0.25) is 0 Å². The minimum absolute atomic E-state index is 0.547. The number of hydrogen-bond donors (Lipinski definition) is 1. The summed E-state index contributed by atoms with van der Waals surface area (Å²) in [4.78, 5) is 0. The molecule has 1 atom stereocenters. The lowest BCUT2D eigenvalue weighted by atomic mass is 10.00. The second kappa shape index (κ2) is 6.99. The first-order chi connectivity index (χ1) is 10.2. The maximum absolute atomic E-state index is 10.6. The van der Waals surface area contributed by atoms with Gasteiger partial charge < -0.3 is 19.3 Å². The Hall–Kier alpha value is -2.20. The number of methoxy groups -OCH3 is 2. The van der Waals surface area contributed by atoms with Crippen molar-refractivity contribution in [2.75, 3.05) is 20.8 Å². The van der Waals surface area contributed by atoms with Crippen LogP contribution in [-0.2, 0) is 0 Å². The number of aliphatic hydroxyl groups excluding tert-OH is 1. The molecule has 21 heavy (non-hydrogen) atoms. The molecule has 0 spiro atoms. The Morgan fingerprint density at radius 1 is 1.00 bits per heavy atom. The summed E-state index contributed by atoms with van der Waals surface area (Å²) in [5.74, 6) is 1.95. The summed E-state index contributed by atoms with van der Waals surface area (Å²) in [6.07, 6.45) is -0.809. The van der Waals surface area contributed by atoms with E-state index >= 15 is 0 Å². The zero-order valence-electron chi connectivity index (χ0n) is 12.5. The molecule has 0 radical (unpaired) electrons. The molecule has 0 amide bonds. The van der Waals surface area contributed by atoms with Gasteiger partial charge in [-0.05, 0) is 30.7 Å². The van der Waals surface area contributed by atoms with Crippen LogP contribution >= 0.6 is 0 Å². The van der Waals surface area contributed by atoms with Crippen molar-refractivity contribution in [2.45, 2.75) is 13.0 Å². The van der Waals surface area contributed by atoms with Gasteiger partial charge in [-0.3, -0.25) is 0 Å². The van der Waals surface area contributed by atoms with E-state index in [1.54, 1.807) is 32.4 Å². The number of rotatable bonds is 6. The molecule has 2 aromatic rings. The number of hydrogen-bond acceptors (Lipinski definition) is 4. The van der Waals surface area contributed by atoms with Crippen LogP contribution < -0.4 is 14.2 Å². The summed E-state index contributed by atoms with van der Waals surface area (Å²) in [7, 11) is 3.16. The molecule has 112 valence electrons. The Morgan fingerprint density at radius 3 is 2.19 bits per heavy atom. The average Bonchev–Trinajstić information content (AvgIpc) is 2.54. The fourth-order valence-corrected chi connectivity index (χ4v) is 2.16. The SMILES string of the molecule is CCOc1ccccc1C(O)c1cc(OC)cc(OC)c1. The van der Waals surface area contributed by atoms with Gasteiger partial charge in [0.1, 0.15) is 23.4 Å². The molecule has 0 aliphatic heterocycles. The molecule has 0 aromatic heterocycles. The van der Waals surface area contributed by atoms with Gasteiger partial charge in [0.05, 0.1) is 20.8 Å². The van der Waals surface area contributed by atoms with Crippen LogP contribution in [0.15, 0.2) is 42.5 Å². The van der Waals surface area contributed by atoms with Gasteiger partial charge in [0.25, 0.3) is 0 Å². The predicted molar refractivity (Wildman–Crippen MR) is 81.2 cm³/mol. The molecule has 4 nitrogen and oxygen atoms in total. The molecule has 1 unspecified atom stereocenters. The van der Waals surface area contributed by atoms with Gasteiger partial charge in [-0.15, -0.1) is 0 Å². The highest BCUT2D eigenvalue weighted by Gasteiger charge is 2.17. The van der Waals surface area contributed by atoms with Gasteiger partial charge in [0.15, 0.2) is 0 Å². The maximum atomic E-state index is 10.6. The predicted octanol–water partition coefficient (Wildman–Crippen LogP) is 3.18. The van der Waals surface area contributed by atoms with Crippen molar-refractivity contribution in [3.63, 3.8) is 0 Å². The third kappa shape index (κ3) is 3.47. The second-order valence-electron chi connectivity index (χ2n) is 4.52. The molecule has 0 aliphatic carbocycles. The quantitative estimate of drug-likeness (QED) is 0.887. The van der Waals surface area contributed by atoms with E-state index in [2.05, 4.69) is 0 Å². The zero-order chi connectivity index (χ0) is 15.2. The summed E-state index contributed by atoms with van der Waals surface area (Å²) < 4.78 is 16.0. The van der Waals surface area contributed by atoms with Crippen LogP contribution in [0, 0.1) is 0 Å². The van der Waals surface area contributed by atoms with Gasteiger partial charge in [-0.2, -0.15) is 0 Å². The standard InChI is InChI=1S/C17H20O4/c1-4-21-16-8-6-5-7-15(16)17(18)12-9-13(19-2)11-14(10-12)20-3/h5-11,17-18H,4H2,1-3H3. The molecule has 4 heteroatoms. The van der Waals surface area contributed by atoms with Gasteiger partial charge in [-0.25, -0.2) is 0 Å². The largest absolute Gasteiger partial charge is 0.497 e. The van der Waals surface area contributed by atoms with Crippen LogP contribution in [0.5, 0.6) is 17.2 Å². The van der Waals surface area contributed by atoms with E-state index in [0.29, 0.717) is 29.4 Å². The van der Waals surface area contributed by atoms with E-state index < -0.39 is 6.10 Å². The monoisotopic (exact) mass is 288 g/mol. The Bertz CT molecular complexity index is 573. The van der Waals surface area contributed by atoms with Crippen LogP contribution in [0.4, 0.5) is 0 Å². The minimum atomic E-state index is -0.809. The Balaban J connectivity index is 2.41. The molecule has 0 saturated carbocycles. The lowest BCUT2D eigenvalue weighted by molar-refractivity contribution is 0.211. The van der Waals surface area contributed by atoms with E-state index in [-0.39, 0.29) is 0 Å². The molecule has 0 heterocycles. The molecule has 2 rings (SSSR count). The lowest BCUT2D eigenvalue weighted by Crippen LogP contribution is -2.04. The third-order valence-electron chi connectivity index (χ3n) is 3.20. The smallest absolute Gasteiger partial charge is 0.125 e. The molecular formula is C17H20O4. The van der Waals surface area contributed by atoms with Crippen molar-refractivity contribution >= 4 is 0 Å². The minimum Gasteiger partial charge on any atom is -0.497 e. The van der Waals surface area contributed by atoms with Crippen LogP contribution in [0.25, 0.3) is 0 Å². The van der Waals surface area contributed by atoms with Gasteiger partial charge in [-0.1, -0.05) is 18.2 Å². The summed E-state index contributed by atoms with van der Waals surface area (Å²) in [5.41, 5.74) is 1.41. The number of para-hydroxylation sites is 1. The number of ether oxygens (including phenoxy) is 3. The Kier molecular flexibility index (Phi) is 5.06. The fourth-order valence-electron chi connectivity index (χ4n) is 2.16. The highest BCUT2D eigenvalue weighted by Crippen LogP contribution is 2.33. The van der Waals surface area contributed by atoms with E-state index in [1.807, 2.05) is 31.2 Å². The molecular weight excluding hydrogens is 268 g/mol. The third-order valence-corrected chi connectivity index (χ3v) is 3.20. The molecule has 1 N–H and O–H groups in total. The van der Waals surface area contributed by atoms with E-state index in [1.165, 1.54) is 0 Å². The molecule has 0 fully saturated rings. The van der Waals surface area contributed by atoms with Crippen LogP contribution in [0.1, 0.15) is 24.2 Å². The Morgan fingerprint density at radius 2 is 1.62 bits per heavy atom. The number of benzene rings is 2. The van der Waals surface area contributed by atoms with Crippen molar-refractivity contribution in [1.29, 1.82) is 0 Å². The van der Waals surface area contributed by atoms with E-state index in [0.717, 1.165) is 5.56 Å².